The summed E-state index contributed by atoms with van der Waals surface area (Å²) >= 11 is 0. The van der Waals surface area contributed by atoms with Crippen LogP contribution in [0, 0.1) is 17.3 Å². The summed E-state index contributed by atoms with van der Waals surface area (Å²) < 4.78 is 0. The molecule has 0 aromatic heterocycles. The van der Waals surface area contributed by atoms with Gasteiger partial charge < -0.3 is 0 Å². The number of ketones is 1. The van der Waals surface area contributed by atoms with Crippen LogP contribution in [0.3, 0.4) is 0 Å². The molecule has 1 aromatic rings. The van der Waals surface area contributed by atoms with Crippen LogP contribution in [0.15, 0.2) is 30.4 Å². The zero-order chi connectivity index (χ0) is 14.6. The van der Waals surface area contributed by atoms with E-state index in [9.17, 15) is 4.79 Å². The number of Topliss-reactive ketones (excluding diaryl/α,β-unsaturated/α-hetero) is 1. The summed E-state index contributed by atoms with van der Waals surface area (Å²) in [5.74, 6) is 2.28. The molecule has 4 unspecified atom stereocenters. The van der Waals surface area contributed by atoms with Crippen molar-refractivity contribution in [3.63, 3.8) is 0 Å². The largest absolute Gasteiger partial charge is 0.299 e. The Morgan fingerprint density at radius 3 is 2.81 bits per heavy atom. The summed E-state index contributed by atoms with van der Waals surface area (Å²) in [5.41, 5.74) is 4.08. The van der Waals surface area contributed by atoms with E-state index in [1.54, 1.807) is 0 Å². The molecule has 3 aliphatic carbocycles. The van der Waals surface area contributed by atoms with E-state index in [0.29, 0.717) is 30.0 Å². The van der Waals surface area contributed by atoms with Gasteiger partial charge in [0.15, 0.2) is 0 Å². The molecule has 1 heteroatoms. The Balaban J connectivity index is 1.70. The molecule has 4 rings (SSSR count). The minimum absolute atomic E-state index is 0.0513. The zero-order valence-corrected chi connectivity index (χ0v) is 13.1. The summed E-state index contributed by atoms with van der Waals surface area (Å²) in [6.07, 6.45) is 9.77. The number of carbonyl (C=O) groups is 1. The highest BCUT2D eigenvalue weighted by Gasteiger charge is 2.54. The lowest BCUT2D eigenvalue weighted by molar-refractivity contribution is -0.130. The zero-order valence-electron chi connectivity index (χ0n) is 13.1. The number of hydrogen-bond donors (Lipinski definition) is 0. The van der Waals surface area contributed by atoms with Crippen LogP contribution >= 0.6 is 0 Å². The molecule has 1 nitrogen and oxygen atoms in total. The van der Waals surface area contributed by atoms with E-state index in [4.69, 9.17) is 0 Å². The highest BCUT2D eigenvalue weighted by molar-refractivity contribution is 5.90. The normalized spacial score (nSPS) is 34.5. The Hall–Kier alpha value is -1.37. The van der Waals surface area contributed by atoms with Crippen molar-refractivity contribution in [1.82, 2.24) is 0 Å². The van der Waals surface area contributed by atoms with Crippen molar-refractivity contribution in [3.8, 4) is 0 Å². The van der Waals surface area contributed by atoms with Gasteiger partial charge in [0.25, 0.3) is 0 Å². The number of hydrogen-bond acceptors (Lipinski definition) is 1. The van der Waals surface area contributed by atoms with Gasteiger partial charge in [0.05, 0.1) is 0 Å². The van der Waals surface area contributed by atoms with Gasteiger partial charge in [0.2, 0.25) is 0 Å². The van der Waals surface area contributed by atoms with Crippen LogP contribution in [-0.2, 0) is 17.6 Å². The number of fused-ring (bicyclic) bond motifs is 4. The standard InChI is InChI=1S/C20H24O/c1-3-13(2)15-5-6-16-12-20(19(21)10-17(16)9-15)11-14-4-7-18(20)8-14/h4-7,9,13-14,18H,3,8,10-12H2,1-2H3. The van der Waals surface area contributed by atoms with Crippen molar-refractivity contribution >= 4 is 5.78 Å². The first-order valence-corrected chi connectivity index (χ1v) is 8.45. The van der Waals surface area contributed by atoms with Crippen LogP contribution in [0.25, 0.3) is 0 Å². The van der Waals surface area contributed by atoms with Crippen LogP contribution in [0.4, 0.5) is 0 Å². The van der Waals surface area contributed by atoms with Crippen molar-refractivity contribution in [2.24, 2.45) is 17.3 Å². The van der Waals surface area contributed by atoms with Crippen molar-refractivity contribution in [1.29, 1.82) is 0 Å². The Morgan fingerprint density at radius 1 is 1.29 bits per heavy atom. The Labute approximate surface area is 127 Å². The second-order valence-corrected chi connectivity index (χ2v) is 7.46. The summed E-state index contributed by atoms with van der Waals surface area (Å²) in [6.45, 7) is 4.50. The smallest absolute Gasteiger partial charge is 0.144 e. The van der Waals surface area contributed by atoms with Gasteiger partial charge in [-0.05, 0) is 60.1 Å². The Morgan fingerprint density at radius 2 is 2.14 bits per heavy atom. The Bertz CT molecular complexity index is 627. The summed E-state index contributed by atoms with van der Waals surface area (Å²) in [5, 5.41) is 0. The quantitative estimate of drug-likeness (QED) is 0.731. The summed E-state index contributed by atoms with van der Waals surface area (Å²) in [6, 6.07) is 6.90. The van der Waals surface area contributed by atoms with E-state index in [-0.39, 0.29) is 5.41 Å². The van der Waals surface area contributed by atoms with E-state index in [2.05, 4.69) is 44.2 Å². The average molecular weight is 280 g/mol. The highest BCUT2D eigenvalue weighted by atomic mass is 16.1. The maximum Gasteiger partial charge on any atom is 0.144 e. The van der Waals surface area contributed by atoms with E-state index in [0.717, 1.165) is 19.3 Å². The predicted molar refractivity (Wildman–Crippen MR) is 85.4 cm³/mol. The van der Waals surface area contributed by atoms with Gasteiger partial charge in [-0.3, -0.25) is 4.79 Å². The first-order valence-electron chi connectivity index (χ1n) is 8.45. The monoisotopic (exact) mass is 280 g/mol. The van der Waals surface area contributed by atoms with Crippen LogP contribution in [0.5, 0.6) is 0 Å². The molecule has 1 aromatic carbocycles. The van der Waals surface area contributed by atoms with Gasteiger partial charge in [0, 0.05) is 11.8 Å². The van der Waals surface area contributed by atoms with Crippen molar-refractivity contribution in [2.75, 3.05) is 0 Å². The fourth-order valence-corrected chi connectivity index (χ4v) is 4.79. The molecule has 1 saturated carbocycles. The number of rotatable bonds is 2. The fourth-order valence-electron chi connectivity index (χ4n) is 4.79. The SMILES string of the molecule is CCC(C)c1ccc2c(c1)CC(=O)C1(C2)CC2C=CC1C2. The Kier molecular flexibility index (Phi) is 2.89. The molecule has 21 heavy (non-hydrogen) atoms. The van der Waals surface area contributed by atoms with Crippen LogP contribution < -0.4 is 0 Å². The predicted octanol–water partition coefficient (Wildman–Crippen LogP) is 4.45. The van der Waals surface area contributed by atoms with Crippen LogP contribution in [0.1, 0.15) is 55.7 Å². The van der Waals surface area contributed by atoms with Crippen molar-refractivity contribution in [3.05, 3.63) is 47.0 Å². The van der Waals surface area contributed by atoms with Gasteiger partial charge in [-0.15, -0.1) is 0 Å². The van der Waals surface area contributed by atoms with E-state index in [1.165, 1.54) is 23.1 Å². The highest BCUT2D eigenvalue weighted by Crippen LogP contribution is 2.56. The van der Waals surface area contributed by atoms with Crippen LogP contribution in [0.2, 0.25) is 0 Å². The minimum atomic E-state index is -0.0513. The number of carbonyl (C=O) groups excluding carboxylic acids is 1. The third-order valence-electron chi connectivity index (χ3n) is 6.33. The van der Waals surface area contributed by atoms with Crippen LogP contribution in [-0.4, -0.2) is 5.78 Å². The van der Waals surface area contributed by atoms with Crippen molar-refractivity contribution in [2.45, 2.75) is 51.9 Å². The molecule has 4 atom stereocenters. The average Bonchev–Trinajstić information content (AvgIpc) is 3.08. The fraction of sp³-hybridized carbons (Fsp3) is 0.550. The molecule has 110 valence electrons. The lowest BCUT2D eigenvalue weighted by Crippen LogP contribution is -2.41. The molecule has 0 radical (unpaired) electrons. The van der Waals surface area contributed by atoms with Gasteiger partial charge in [0.1, 0.15) is 5.78 Å². The maximum absolute atomic E-state index is 12.9. The van der Waals surface area contributed by atoms with Crippen molar-refractivity contribution < 1.29 is 4.79 Å². The molecular weight excluding hydrogens is 256 g/mol. The molecule has 3 aliphatic rings. The van der Waals surface area contributed by atoms with Gasteiger partial charge in [-0.1, -0.05) is 44.2 Å². The van der Waals surface area contributed by atoms with Gasteiger partial charge in [-0.2, -0.15) is 0 Å². The van der Waals surface area contributed by atoms with Gasteiger partial charge >= 0.3 is 0 Å². The van der Waals surface area contributed by atoms with E-state index in [1.807, 2.05) is 0 Å². The molecule has 1 fully saturated rings. The lowest BCUT2D eigenvalue weighted by atomic mass is 9.63. The lowest BCUT2D eigenvalue weighted by Gasteiger charge is -2.38. The second kappa shape index (κ2) is 4.56. The molecule has 0 amide bonds. The summed E-state index contributed by atoms with van der Waals surface area (Å²) in [4.78, 5) is 12.9. The van der Waals surface area contributed by atoms with E-state index >= 15 is 0 Å². The molecular formula is C20H24O. The molecule has 0 aliphatic heterocycles. The topological polar surface area (TPSA) is 17.1 Å². The maximum atomic E-state index is 12.9. The third kappa shape index (κ3) is 1.86. The van der Waals surface area contributed by atoms with E-state index < -0.39 is 0 Å². The van der Waals surface area contributed by atoms with Gasteiger partial charge in [-0.25, -0.2) is 0 Å². The summed E-state index contributed by atoms with van der Waals surface area (Å²) in [7, 11) is 0. The minimum Gasteiger partial charge on any atom is -0.299 e. The third-order valence-corrected chi connectivity index (χ3v) is 6.33. The molecule has 0 heterocycles. The molecule has 0 saturated heterocycles. The molecule has 1 spiro atoms. The molecule has 0 N–H and O–H groups in total. The second-order valence-electron chi connectivity index (χ2n) is 7.46. The number of allylic oxidation sites excluding steroid dienone is 2. The first kappa shape index (κ1) is 13.3. The molecule has 2 bridgehead atoms. The first-order chi connectivity index (χ1) is 10.1. The number of benzene rings is 1.